The summed E-state index contributed by atoms with van der Waals surface area (Å²) in [4.78, 5) is 53.3. The molecule has 0 saturated carbocycles. The SMILES string of the molecule is CCOc1ccc(N2C(=O)[C@H](N3C(=O)c4ccc([N+](=O)[O-])cc4C3=O)[C@@H]2c2cc(Br)ccc2OC)cc1. The van der Waals surface area contributed by atoms with Gasteiger partial charge in [0.1, 0.15) is 17.5 Å². The van der Waals surface area contributed by atoms with Gasteiger partial charge in [0, 0.05) is 27.9 Å². The minimum absolute atomic E-state index is 0.0166. The predicted octanol–water partition coefficient (Wildman–Crippen LogP) is 4.52. The molecule has 2 heterocycles. The van der Waals surface area contributed by atoms with Crippen molar-refractivity contribution < 1.29 is 28.8 Å². The zero-order valence-electron chi connectivity index (χ0n) is 19.7. The molecule has 10 nitrogen and oxygen atoms in total. The Morgan fingerprint density at radius 2 is 1.62 bits per heavy atom. The molecule has 3 aromatic rings. The van der Waals surface area contributed by atoms with Crippen LogP contribution in [0.25, 0.3) is 0 Å². The van der Waals surface area contributed by atoms with E-state index >= 15 is 0 Å². The van der Waals surface area contributed by atoms with Gasteiger partial charge in [-0.15, -0.1) is 0 Å². The maximum Gasteiger partial charge on any atom is 0.270 e. The number of rotatable bonds is 7. The van der Waals surface area contributed by atoms with Crippen LogP contribution in [-0.2, 0) is 4.79 Å². The Balaban J connectivity index is 1.60. The highest BCUT2D eigenvalue weighted by atomic mass is 79.9. The number of β-lactam (4-membered cyclic amide) rings is 1. The summed E-state index contributed by atoms with van der Waals surface area (Å²) < 4.78 is 11.8. The first-order valence-corrected chi connectivity index (χ1v) is 12.1. The first-order valence-electron chi connectivity index (χ1n) is 11.3. The monoisotopic (exact) mass is 565 g/mol. The molecule has 2 aliphatic heterocycles. The quantitative estimate of drug-likeness (QED) is 0.179. The molecule has 0 aromatic heterocycles. The van der Waals surface area contributed by atoms with Crippen LogP contribution in [0, 0.1) is 10.1 Å². The molecule has 0 bridgehead atoms. The third-order valence-corrected chi connectivity index (χ3v) is 6.89. The zero-order chi connectivity index (χ0) is 26.4. The fourth-order valence-electron chi connectivity index (χ4n) is 4.74. The molecule has 11 heteroatoms. The molecule has 0 aliphatic carbocycles. The van der Waals surface area contributed by atoms with E-state index in [2.05, 4.69) is 15.9 Å². The van der Waals surface area contributed by atoms with Crippen LogP contribution in [0.3, 0.4) is 0 Å². The van der Waals surface area contributed by atoms with Crippen molar-refractivity contribution in [2.24, 2.45) is 0 Å². The molecule has 0 N–H and O–H groups in total. The summed E-state index contributed by atoms with van der Waals surface area (Å²) in [6.07, 6.45) is 0. The largest absolute Gasteiger partial charge is 0.496 e. The molecular weight excluding hydrogens is 546 g/mol. The minimum atomic E-state index is -1.18. The number of carbonyl (C=O) groups excluding carboxylic acids is 3. The number of anilines is 1. The van der Waals surface area contributed by atoms with Crippen LogP contribution >= 0.6 is 15.9 Å². The second-order valence-corrected chi connectivity index (χ2v) is 9.29. The number of non-ortho nitro benzene ring substituents is 1. The molecule has 0 radical (unpaired) electrons. The number of fused-ring (bicyclic) bond motifs is 1. The molecule has 1 fully saturated rings. The number of carbonyl (C=O) groups is 3. The fraction of sp³-hybridized carbons (Fsp3) is 0.192. The lowest BCUT2D eigenvalue weighted by Crippen LogP contribution is -2.67. The van der Waals surface area contributed by atoms with Crippen molar-refractivity contribution in [1.29, 1.82) is 0 Å². The van der Waals surface area contributed by atoms with E-state index < -0.39 is 34.7 Å². The number of amides is 3. The van der Waals surface area contributed by atoms with Crippen molar-refractivity contribution in [2.45, 2.75) is 19.0 Å². The number of nitrogens with zero attached hydrogens (tertiary/aromatic N) is 3. The van der Waals surface area contributed by atoms with Crippen molar-refractivity contribution in [2.75, 3.05) is 18.6 Å². The van der Waals surface area contributed by atoms with E-state index in [9.17, 15) is 24.5 Å². The van der Waals surface area contributed by atoms with Gasteiger partial charge in [-0.1, -0.05) is 15.9 Å². The number of halogens is 1. The molecule has 188 valence electrons. The zero-order valence-corrected chi connectivity index (χ0v) is 21.3. The Labute approximate surface area is 219 Å². The van der Waals surface area contributed by atoms with E-state index in [1.54, 1.807) is 42.5 Å². The normalized spacial score (nSPS) is 18.5. The van der Waals surface area contributed by atoms with Gasteiger partial charge in [-0.3, -0.25) is 29.4 Å². The van der Waals surface area contributed by atoms with E-state index in [0.29, 0.717) is 33.8 Å². The third-order valence-electron chi connectivity index (χ3n) is 6.39. The van der Waals surface area contributed by atoms with Crippen molar-refractivity contribution in [3.05, 3.63) is 91.9 Å². The number of imide groups is 1. The highest BCUT2D eigenvalue weighted by Crippen LogP contribution is 2.47. The number of benzene rings is 3. The van der Waals surface area contributed by atoms with Gasteiger partial charge in [0.15, 0.2) is 0 Å². The maximum absolute atomic E-state index is 13.6. The van der Waals surface area contributed by atoms with E-state index in [0.717, 1.165) is 17.0 Å². The van der Waals surface area contributed by atoms with Gasteiger partial charge in [0.25, 0.3) is 23.4 Å². The molecule has 5 rings (SSSR count). The first kappa shape index (κ1) is 24.4. The second-order valence-electron chi connectivity index (χ2n) is 8.38. The highest BCUT2D eigenvalue weighted by Gasteiger charge is 2.58. The van der Waals surface area contributed by atoms with Crippen LogP contribution in [0.4, 0.5) is 11.4 Å². The highest BCUT2D eigenvalue weighted by molar-refractivity contribution is 9.10. The lowest BCUT2D eigenvalue weighted by atomic mass is 9.85. The molecular formula is C26H20BrN3O7. The topological polar surface area (TPSA) is 119 Å². The summed E-state index contributed by atoms with van der Waals surface area (Å²) in [6.45, 7) is 2.35. The molecule has 2 atom stereocenters. The van der Waals surface area contributed by atoms with Gasteiger partial charge >= 0.3 is 0 Å². The van der Waals surface area contributed by atoms with Gasteiger partial charge in [-0.25, -0.2) is 0 Å². The molecule has 3 aromatic carbocycles. The number of hydrogen-bond acceptors (Lipinski definition) is 7. The molecule has 1 saturated heterocycles. The molecule has 0 spiro atoms. The Kier molecular flexibility index (Phi) is 6.16. The van der Waals surface area contributed by atoms with Gasteiger partial charge in [-0.2, -0.15) is 0 Å². The van der Waals surface area contributed by atoms with Crippen molar-refractivity contribution in [3.8, 4) is 11.5 Å². The van der Waals surface area contributed by atoms with Crippen LogP contribution in [0.5, 0.6) is 11.5 Å². The van der Waals surface area contributed by atoms with E-state index in [1.807, 2.05) is 6.92 Å². The molecule has 0 unspecified atom stereocenters. The smallest absolute Gasteiger partial charge is 0.270 e. The van der Waals surface area contributed by atoms with E-state index in [-0.39, 0.29) is 16.8 Å². The Morgan fingerprint density at radius 1 is 0.919 bits per heavy atom. The van der Waals surface area contributed by atoms with E-state index in [4.69, 9.17) is 9.47 Å². The van der Waals surface area contributed by atoms with Crippen molar-refractivity contribution in [1.82, 2.24) is 4.90 Å². The molecule has 2 aliphatic rings. The summed E-state index contributed by atoms with van der Waals surface area (Å²) in [5.74, 6) is -0.811. The fourth-order valence-corrected chi connectivity index (χ4v) is 5.12. The van der Waals surface area contributed by atoms with Crippen LogP contribution < -0.4 is 14.4 Å². The first-order chi connectivity index (χ1) is 17.8. The van der Waals surface area contributed by atoms with Crippen molar-refractivity contribution in [3.63, 3.8) is 0 Å². The summed E-state index contributed by atoms with van der Waals surface area (Å²) in [7, 11) is 1.49. The number of methoxy groups -OCH3 is 1. The molecule has 3 amide bonds. The van der Waals surface area contributed by atoms with Crippen LogP contribution in [0.1, 0.15) is 39.2 Å². The summed E-state index contributed by atoms with van der Waals surface area (Å²) in [5.41, 5.74) is 0.721. The lowest BCUT2D eigenvalue weighted by Gasteiger charge is -2.50. The second kappa shape index (κ2) is 9.32. The Bertz CT molecular complexity index is 1460. The third kappa shape index (κ3) is 3.91. The van der Waals surface area contributed by atoms with Gasteiger partial charge in [0.05, 0.1) is 35.8 Å². The summed E-state index contributed by atoms with van der Waals surface area (Å²) in [6, 6.07) is 13.7. The maximum atomic E-state index is 13.6. The molecule has 37 heavy (non-hydrogen) atoms. The summed E-state index contributed by atoms with van der Waals surface area (Å²) >= 11 is 3.45. The van der Waals surface area contributed by atoms with Crippen LogP contribution in [0.15, 0.2) is 65.1 Å². The van der Waals surface area contributed by atoms with Gasteiger partial charge in [0.2, 0.25) is 0 Å². The number of ether oxygens (including phenoxy) is 2. The number of nitro benzene ring substituents is 1. The predicted molar refractivity (Wildman–Crippen MR) is 136 cm³/mol. The summed E-state index contributed by atoms with van der Waals surface area (Å²) in [5, 5.41) is 11.2. The number of hydrogen-bond donors (Lipinski definition) is 0. The van der Waals surface area contributed by atoms with Crippen LogP contribution in [0.2, 0.25) is 0 Å². The van der Waals surface area contributed by atoms with Gasteiger partial charge < -0.3 is 14.4 Å². The Morgan fingerprint density at radius 3 is 2.27 bits per heavy atom. The van der Waals surface area contributed by atoms with E-state index in [1.165, 1.54) is 18.1 Å². The standard InChI is InChI=1S/C26H20BrN3O7/c1-3-37-17-8-5-15(6-9-17)28-22(20-12-14(27)4-11-21(20)36-2)23(26(28)33)29-24(31)18-10-7-16(30(34)35)13-19(18)25(29)32/h4-13,22-23H,3H2,1-2H3/t22-,23+/m0/s1. The number of nitro groups is 1. The van der Waals surface area contributed by atoms with Crippen molar-refractivity contribution >= 4 is 45.0 Å². The average molecular weight is 566 g/mol. The van der Waals surface area contributed by atoms with Crippen LogP contribution in [-0.4, -0.2) is 47.3 Å². The average Bonchev–Trinajstić information content (AvgIpc) is 3.13. The lowest BCUT2D eigenvalue weighted by molar-refractivity contribution is -0.384. The minimum Gasteiger partial charge on any atom is -0.496 e. The Hall–Kier alpha value is -4.25. The van der Waals surface area contributed by atoms with Gasteiger partial charge in [-0.05, 0) is 55.5 Å².